The Balaban J connectivity index is 3.49. The van der Waals surface area contributed by atoms with Gasteiger partial charge in [-0.2, -0.15) is 0 Å². The van der Waals surface area contributed by atoms with E-state index in [2.05, 4.69) is 0 Å². The SMILES string of the molecule is CC(C)c1cc(C(=O)O)c(I)cc1C(=O)O. The second kappa shape index (κ2) is 4.82. The quantitative estimate of drug-likeness (QED) is 0.834. The highest BCUT2D eigenvalue weighted by Crippen LogP contribution is 2.25. The fourth-order valence-corrected chi connectivity index (χ4v) is 2.11. The molecule has 0 aliphatic heterocycles. The molecule has 0 aliphatic carbocycles. The van der Waals surface area contributed by atoms with E-state index in [0.29, 0.717) is 9.13 Å². The van der Waals surface area contributed by atoms with E-state index in [1.807, 2.05) is 36.4 Å². The standard InChI is InChI=1S/C11H11IO4/c1-5(2)6-3-8(11(15)16)9(12)4-7(6)10(13)14/h3-5H,1-2H3,(H,13,14)(H,15,16). The summed E-state index contributed by atoms with van der Waals surface area (Å²) in [5, 5.41) is 18.0. The lowest BCUT2D eigenvalue weighted by Crippen LogP contribution is -2.09. The zero-order valence-corrected chi connectivity index (χ0v) is 11.0. The summed E-state index contributed by atoms with van der Waals surface area (Å²) in [6, 6.07) is 2.85. The van der Waals surface area contributed by atoms with Gasteiger partial charge in [0.2, 0.25) is 0 Å². The van der Waals surface area contributed by atoms with E-state index >= 15 is 0 Å². The van der Waals surface area contributed by atoms with Crippen LogP contribution in [0.3, 0.4) is 0 Å². The van der Waals surface area contributed by atoms with Crippen molar-refractivity contribution < 1.29 is 19.8 Å². The minimum Gasteiger partial charge on any atom is -0.478 e. The van der Waals surface area contributed by atoms with Crippen LogP contribution in [0.25, 0.3) is 0 Å². The van der Waals surface area contributed by atoms with Gasteiger partial charge < -0.3 is 10.2 Å². The fourth-order valence-electron chi connectivity index (χ4n) is 1.42. The zero-order chi connectivity index (χ0) is 12.5. The molecule has 0 aromatic heterocycles. The molecule has 1 aromatic carbocycles. The molecule has 0 saturated carbocycles. The van der Waals surface area contributed by atoms with Crippen LogP contribution in [-0.4, -0.2) is 22.2 Å². The van der Waals surface area contributed by atoms with Gasteiger partial charge >= 0.3 is 11.9 Å². The van der Waals surface area contributed by atoms with Gasteiger partial charge in [0.25, 0.3) is 0 Å². The Labute approximate surface area is 106 Å². The van der Waals surface area contributed by atoms with Crippen LogP contribution in [0.4, 0.5) is 0 Å². The van der Waals surface area contributed by atoms with Crippen molar-refractivity contribution in [3.8, 4) is 0 Å². The summed E-state index contributed by atoms with van der Waals surface area (Å²) in [4.78, 5) is 21.9. The number of benzene rings is 1. The number of carboxylic acids is 2. The van der Waals surface area contributed by atoms with Crippen molar-refractivity contribution in [2.75, 3.05) is 0 Å². The molecule has 0 aliphatic rings. The predicted molar refractivity (Wildman–Crippen MR) is 67.2 cm³/mol. The van der Waals surface area contributed by atoms with Gasteiger partial charge in [0.1, 0.15) is 0 Å². The Morgan fingerprint density at radius 2 is 1.62 bits per heavy atom. The van der Waals surface area contributed by atoms with Crippen molar-refractivity contribution in [3.05, 3.63) is 32.4 Å². The summed E-state index contributed by atoms with van der Waals surface area (Å²) < 4.78 is 0.437. The maximum atomic E-state index is 11.0. The van der Waals surface area contributed by atoms with Crippen LogP contribution in [0.1, 0.15) is 46.0 Å². The summed E-state index contributed by atoms with van der Waals surface area (Å²) >= 11 is 1.83. The Kier molecular flexibility index (Phi) is 3.90. The maximum Gasteiger partial charge on any atom is 0.336 e. The first-order chi connectivity index (χ1) is 7.34. The van der Waals surface area contributed by atoms with Gasteiger partial charge in [0.05, 0.1) is 11.1 Å². The second-order valence-corrected chi connectivity index (χ2v) is 4.85. The number of carbonyl (C=O) groups is 2. The van der Waals surface area contributed by atoms with Crippen LogP contribution >= 0.6 is 22.6 Å². The molecule has 16 heavy (non-hydrogen) atoms. The fraction of sp³-hybridized carbons (Fsp3) is 0.273. The lowest BCUT2D eigenvalue weighted by molar-refractivity contribution is 0.0679. The van der Waals surface area contributed by atoms with E-state index in [1.165, 1.54) is 12.1 Å². The summed E-state index contributed by atoms with van der Waals surface area (Å²) in [5.41, 5.74) is 0.865. The molecule has 0 bridgehead atoms. The van der Waals surface area contributed by atoms with Crippen molar-refractivity contribution in [1.29, 1.82) is 0 Å². The minimum absolute atomic E-state index is 0.0267. The van der Waals surface area contributed by atoms with Crippen LogP contribution in [0, 0.1) is 3.57 Å². The molecule has 0 amide bonds. The third kappa shape index (κ3) is 2.52. The smallest absolute Gasteiger partial charge is 0.336 e. The zero-order valence-electron chi connectivity index (χ0n) is 8.82. The van der Waals surface area contributed by atoms with E-state index in [1.54, 1.807) is 0 Å². The number of rotatable bonds is 3. The van der Waals surface area contributed by atoms with Crippen LogP contribution < -0.4 is 0 Å². The normalized spacial score (nSPS) is 10.5. The number of hydrogen-bond acceptors (Lipinski definition) is 2. The molecular formula is C11H11IO4. The first-order valence-electron chi connectivity index (χ1n) is 4.64. The second-order valence-electron chi connectivity index (χ2n) is 3.68. The molecule has 0 heterocycles. The van der Waals surface area contributed by atoms with Crippen LogP contribution in [0.5, 0.6) is 0 Å². The van der Waals surface area contributed by atoms with E-state index in [0.717, 1.165) is 0 Å². The monoisotopic (exact) mass is 334 g/mol. The summed E-state index contributed by atoms with van der Waals surface area (Å²) in [7, 11) is 0. The molecule has 1 rings (SSSR count). The Morgan fingerprint density at radius 1 is 1.12 bits per heavy atom. The molecular weight excluding hydrogens is 323 g/mol. The molecule has 5 heteroatoms. The third-order valence-electron chi connectivity index (χ3n) is 2.22. The molecule has 0 fully saturated rings. The Morgan fingerprint density at radius 3 is 2.00 bits per heavy atom. The average Bonchev–Trinajstić information content (AvgIpc) is 2.15. The summed E-state index contributed by atoms with van der Waals surface area (Å²) in [6.45, 7) is 3.67. The molecule has 0 unspecified atom stereocenters. The molecule has 0 saturated heterocycles. The lowest BCUT2D eigenvalue weighted by Gasteiger charge is -2.12. The lowest BCUT2D eigenvalue weighted by atomic mass is 9.95. The van der Waals surface area contributed by atoms with Gasteiger partial charge in [-0.15, -0.1) is 0 Å². The predicted octanol–water partition coefficient (Wildman–Crippen LogP) is 2.81. The molecule has 4 nitrogen and oxygen atoms in total. The largest absolute Gasteiger partial charge is 0.478 e. The number of halogens is 1. The van der Waals surface area contributed by atoms with Crippen molar-refractivity contribution in [3.63, 3.8) is 0 Å². The first kappa shape index (κ1) is 13.0. The Hall–Kier alpha value is -1.11. The van der Waals surface area contributed by atoms with Gasteiger partial charge in [0, 0.05) is 3.57 Å². The number of hydrogen-bond donors (Lipinski definition) is 2. The van der Waals surface area contributed by atoms with Gasteiger partial charge in [-0.25, -0.2) is 9.59 Å². The van der Waals surface area contributed by atoms with Crippen molar-refractivity contribution in [2.45, 2.75) is 19.8 Å². The highest BCUT2D eigenvalue weighted by atomic mass is 127. The van der Waals surface area contributed by atoms with Crippen LogP contribution in [-0.2, 0) is 0 Å². The maximum absolute atomic E-state index is 11.0. The number of aromatic carboxylic acids is 2. The molecule has 0 radical (unpaired) electrons. The first-order valence-corrected chi connectivity index (χ1v) is 5.72. The highest BCUT2D eigenvalue weighted by molar-refractivity contribution is 14.1. The molecule has 0 spiro atoms. The number of carboxylic acid groups (broad SMARTS) is 2. The molecule has 2 N–H and O–H groups in total. The van der Waals surface area contributed by atoms with Crippen LogP contribution in [0.15, 0.2) is 12.1 Å². The molecule has 0 atom stereocenters. The van der Waals surface area contributed by atoms with E-state index in [-0.39, 0.29) is 17.0 Å². The van der Waals surface area contributed by atoms with Gasteiger partial charge in [0.15, 0.2) is 0 Å². The topological polar surface area (TPSA) is 74.6 Å². The van der Waals surface area contributed by atoms with Crippen molar-refractivity contribution >= 4 is 34.5 Å². The van der Waals surface area contributed by atoms with Gasteiger partial charge in [-0.3, -0.25) is 0 Å². The van der Waals surface area contributed by atoms with Gasteiger partial charge in [-0.1, -0.05) is 13.8 Å². The van der Waals surface area contributed by atoms with E-state index < -0.39 is 11.9 Å². The third-order valence-corrected chi connectivity index (χ3v) is 3.11. The highest BCUT2D eigenvalue weighted by Gasteiger charge is 2.18. The van der Waals surface area contributed by atoms with Crippen molar-refractivity contribution in [2.24, 2.45) is 0 Å². The van der Waals surface area contributed by atoms with E-state index in [9.17, 15) is 9.59 Å². The Bertz CT molecular complexity index is 452. The minimum atomic E-state index is -1.04. The van der Waals surface area contributed by atoms with Crippen molar-refractivity contribution in [1.82, 2.24) is 0 Å². The molecule has 1 aromatic rings. The van der Waals surface area contributed by atoms with Gasteiger partial charge in [-0.05, 0) is 46.2 Å². The molecule has 86 valence electrons. The summed E-state index contributed by atoms with van der Waals surface area (Å²) in [6.07, 6.45) is 0. The van der Waals surface area contributed by atoms with Crippen LogP contribution in [0.2, 0.25) is 0 Å². The average molecular weight is 334 g/mol. The summed E-state index contributed by atoms with van der Waals surface area (Å²) in [5.74, 6) is -2.09. The van der Waals surface area contributed by atoms with E-state index in [4.69, 9.17) is 10.2 Å².